The predicted octanol–water partition coefficient (Wildman–Crippen LogP) is 3.21. The lowest BCUT2D eigenvalue weighted by atomic mass is 9.95. The fourth-order valence-electron chi connectivity index (χ4n) is 2.35. The lowest BCUT2D eigenvalue weighted by Crippen LogP contribution is -2.17. The Hall–Kier alpha value is -1.38. The summed E-state index contributed by atoms with van der Waals surface area (Å²) in [6, 6.07) is 4.41. The molecular formula is C14H19N3. The molecule has 0 aliphatic heterocycles. The van der Waals surface area contributed by atoms with Crippen molar-refractivity contribution in [3.05, 3.63) is 29.2 Å². The summed E-state index contributed by atoms with van der Waals surface area (Å²) < 4.78 is 2.27. The van der Waals surface area contributed by atoms with Crippen LogP contribution in [0, 0.1) is 6.92 Å². The lowest BCUT2D eigenvalue weighted by Gasteiger charge is -2.18. The van der Waals surface area contributed by atoms with E-state index >= 15 is 0 Å². The number of fused-ring (bicyclic) bond motifs is 1. The van der Waals surface area contributed by atoms with Crippen LogP contribution in [-0.2, 0) is 5.41 Å². The van der Waals surface area contributed by atoms with E-state index in [2.05, 4.69) is 54.4 Å². The van der Waals surface area contributed by atoms with Crippen molar-refractivity contribution >= 4 is 5.65 Å². The van der Waals surface area contributed by atoms with Crippen molar-refractivity contribution in [2.24, 2.45) is 0 Å². The zero-order valence-corrected chi connectivity index (χ0v) is 11.0. The van der Waals surface area contributed by atoms with Crippen molar-refractivity contribution in [2.45, 2.75) is 51.9 Å². The number of nitrogens with zero attached hydrogens (tertiary/aromatic N) is 3. The highest BCUT2D eigenvalue weighted by molar-refractivity contribution is 5.45. The summed E-state index contributed by atoms with van der Waals surface area (Å²) in [4.78, 5) is 0. The molecule has 2 aromatic rings. The summed E-state index contributed by atoms with van der Waals surface area (Å²) in [5.41, 5.74) is 3.72. The molecule has 0 aromatic carbocycles. The molecule has 3 rings (SSSR count). The first-order valence-corrected chi connectivity index (χ1v) is 6.33. The van der Waals surface area contributed by atoms with E-state index in [1.807, 2.05) is 0 Å². The van der Waals surface area contributed by atoms with Crippen LogP contribution in [0.2, 0.25) is 0 Å². The second-order valence-corrected chi connectivity index (χ2v) is 6.20. The summed E-state index contributed by atoms with van der Waals surface area (Å²) in [5.74, 6) is 1.80. The summed E-state index contributed by atoms with van der Waals surface area (Å²) in [5, 5.41) is 8.72. The van der Waals surface area contributed by atoms with Gasteiger partial charge < -0.3 is 0 Å². The molecule has 1 aliphatic carbocycles. The smallest absolute Gasteiger partial charge is 0.161 e. The van der Waals surface area contributed by atoms with Crippen LogP contribution in [0.15, 0.2) is 12.1 Å². The highest BCUT2D eigenvalue weighted by Gasteiger charge is 2.30. The number of hydrogen-bond acceptors (Lipinski definition) is 2. The van der Waals surface area contributed by atoms with Crippen molar-refractivity contribution < 1.29 is 0 Å². The average molecular weight is 229 g/mol. The largest absolute Gasteiger partial charge is 0.283 e. The SMILES string of the molecule is Cc1cc(C2CC2)n2c(C(C)(C)C)nnc2c1. The minimum absolute atomic E-state index is 0.0400. The minimum Gasteiger partial charge on any atom is -0.283 e. The monoisotopic (exact) mass is 229 g/mol. The predicted molar refractivity (Wildman–Crippen MR) is 68.4 cm³/mol. The van der Waals surface area contributed by atoms with Crippen LogP contribution in [-0.4, -0.2) is 14.6 Å². The summed E-state index contributed by atoms with van der Waals surface area (Å²) in [6.45, 7) is 8.72. The number of aromatic nitrogens is 3. The minimum atomic E-state index is 0.0400. The van der Waals surface area contributed by atoms with Gasteiger partial charge >= 0.3 is 0 Å². The molecule has 0 unspecified atom stereocenters. The highest BCUT2D eigenvalue weighted by Crippen LogP contribution is 2.41. The first-order chi connectivity index (χ1) is 7.97. The van der Waals surface area contributed by atoms with E-state index in [1.54, 1.807) is 0 Å². The molecule has 0 bridgehead atoms. The van der Waals surface area contributed by atoms with Gasteiger partial charge in [0.1, 0.15) is 5.82 Å². The molecule has 2 heterocycles. The van der Waals surface area contributed by atoms with Gasteiger partial charge in [-0.15, -0.1) is 10.2 Å². The first kappa shape index (κ1) is 10.8. The molecule has 1 aliphatic rings. The van der Waals surface area contributed by atoms with Gasteiger partial charge in [0.15, 0.2) is 5.65 Å². The van der Waals surface area contributed by atoms with E-state index in [4.69, 9.17) is 0 Å². The Bertz CT molecular complexity index is 571. The number of pyridine rings is 1. The molecule has 0 N–H and O–H groups in total. The van der Waals surface area contributed by atoms with E-state index in [9.17, 15) is 0 Å². The third-order valence-electron chi connectivity index (χ3n) is 3.35. The first-order valence-electron chi connectivity index (χ1n) is 6.33. The van der Waals surface area contributed by atoms with E-state index in [-0.39, 0.29) is 5.41 Å². The van der Waals surface area contributed by atoms with Gasteiger partial charge in [0.2, 0.25) is 0 Å². The zero-order valence-electron chi connectivity index (χ0n) is 11.0. The van der Waals surface area contributed by atoms with Gasteiger partial charge in [-0.3, -0.25) is 4.40 Å². The van der Waals surface area contributed by atoms with Gasteiger partial charge in [-0.05, 0) is 43.4 Å². The molecule has 0 saturated heterocycles. The molecule has 3 heteroatoms. The summed E-state index contributed by atoms with van der Waals surface area (Å²) in [7, 11) is 0. The summed E-state index contributed by atoms with van der Waals surface area (Å²) in [6.07, 6.45) is 2.61. The Balaban J connectivity index is 2.32. The number of hydrogen-bond donors (Lipinski definition) is 0. The molecule has 3 nitrogen and oxygen atoms in total. The Kier molecular flexibility index (Phi) is 2.09. The molecule has 90 valence electrons. The number of rotatable bonds is 1. The van der Waals surface area contributed by atoms with Gasteiger partial charge in [0.25, 0.3) is 0 Å². The van der Waals surface area contributed by atoms with Crippen molar-refractivity contribution in [2.75, 3.05) is 0 Å². The Morgan fingerprint density at radius 2 is 1.88 bits per heavy atom. The van der Waals surface area contributed by atoms with Gasteiger partial charge in [-0.2, -0.15) is 0 Å². The maximum absolute atomic E-state index is 4.39. The second kappa shape index (κ2) is 3.31. The molecule has 2 aromatic heterocycles. The number of aryl methyl sites for hydroxylation is 1. The molecule has 1 saturated carbocycles. The lowest BCUT2D eigenvalue weighted by molar-refractivity contribution is 0.535. The van der Waals surface area contributed by atoms with E-state index in [1.165, 1.54) is 24.1 Å². The highest BCUT2D eigenvalue weighted by atomic mass is 15.3. The Morgan fingerprint density at radius 1 is 1.18 bits per heavy atom. The molecule has 0 amide bonds. The topological polar surface area (TPSA) is 30.2 Å². The molecule has 0 atom stereocenters. The van der Waals surface area contributed by atoms with Crippen LogP contribution in [0.5, 0.6) is 0 Å². The Labute approximate surface area is 102 Å². The van der Waals surface area contributed by atoms with E-state index in [0.29, 0.717) is 0 Å². The van der Waals surface area contributed by atoms with Crippen molar-refractivity contribution in [1.82, 2.24) is 14.6 Å². The van der Waals surface area contributed by atoms with Gasteiger partial charge in [0, 0.05) is 11.1 Å². The quantitative estimate of drug-likeness (QED) is 0.751. The Morgan fingerprint density at radius 3 is 2.47 bits per heavy atom. The van der Waals surface area contributed by atoms with Crippen LogP contribution in [0.25, 0.3) is 5.65 Å². The molecule has 0 spiro atoms. The average Bonchev–Trinajstić information content (AvgIpc) is 2.95. The fourth-order valence-corrected chi connectivity index (χ4v) is 2.35. The molecule has 1 fully saturated rings. The summed E-state index contributed by atoms with van der Waals surface area (Å²) >= 11 is 0. The van der Waals surface area contributed by atoms with Crippen LogP contribution in [0.3, 0.4) is 0 Å². The normalized spacial score (nSPS) is 16.7. The zero-order chi connectivity index (χ0) is 12.2. The third-order valence-corrected chi connectivity index (χ3v) is 3.35. The van der Waals surface area contributed by atoms with Crippen LogP contribution < -0.4 is 0 Å². The van der Waals surface area contributed by atoms with Crippen LogP contribution in [0.1, 0.15) is 56.6 Å². The fraction of sp³-hybridized carbons (Fsp3) is 0.571. The molecule has 0 radical (unpaired) electrons. The molecule has 17 heavy (non-hydrogen) atoms. The maximum Gasteiger partial charge on any atom is 0.161 e. The van der Waals surface area contributed by atoms with Crippen molar-refractivity contribution in [1.29, 1.82) is 0 Å². The van der Waals surface area contributed by atoms with Crippen molar-refractivity contribution in [3.63, 3.8) is 0 Å². The van der Waals surface area contributed by atoms with Crippen LogP contribution in [0.4, 0.5) is 0 Å². The van der Waals surface area contributed by atoms with Crippen LogP contribution >= 0.6 is 0 Å². The van der Waals surface area contributed by atoms with Crippen molar-refractivity contribution in [3.8, 4) is 0 Å². The van der Waals surface area contributed by atoms with E-state index in [0.717, 1.165) is 17.4 Å². The second-order valence-electron chi connectivity index (χ2n) is 6.20. The standard InChI is InChI=1S/C14H19N3/c1-9-7-11(10-5-6-10)17-12(8-9)15-16-13(17)14(2,3)4/h7-8,10H,5-6H2,1-4H3. The van der Waals surface area contributed by atoms with Gasteiger partial charge in [-0.1, -0.05) is 20.8 Å². The van der Waals surface area contributed by atoms with Gasteiger partial charge in [-0.25, -0.2) is 0 Å². The maximum atomic E-state index is 4.39. The van der Waals surface area contributed by atoms with Gasteiger partial charge in [0.05, 0.1) is 0 Å². The van der Waals surface area contributed by atoms with E-state index < -0.39 is 0 Å². The third kappa shape index (κ3) is 1.74. The molecular weight excluding hydrogens is 210 g/mol.